The molecule has 0 atom stereocenters. The number of hydrogen-bond donors (Lipinski definition) is 1. The highest BCUT2D eigenvalue weighted by Gasteiger charge is 2.08. The van der Waals surface area contributed by atoms with Crippen molar-refractivity contribution >= 4 is 25.4 Å². The van der Waals surface area contributed by atoms with Crippen LogP contribution >= 0.6 is 0 Å². The highest BCUT2D eigenvalue weighted by Crippen LogP contribution is 2.16. The monoisotopic (exact) mass is 276 g/mol. The van der Waals surface area contributed by atoms with E-state index in [1.807, 2.05) is 0 Å². The Bertz CT molecular complexity index is 636. The van der Waals surface area contributed by atoms with E-state index >= 15 is 0 Å². The number of rotatable bonds is 3. The van der Waals surface area contributed by atoms with Gasteiger partial charge in [-0.2, -0.15) is 0 Å². The Morgan fingerprint density at radius 2 is 1.53 bits per heavy atom. The average Bonchev–Trinajstić information content (AvgIpc) is 2.14. The van der Waals surface area contributed by atoms with Gasteiger partial charge in [0.2, 0.25) is 0 Å². The summed E-state index contributed by atoms with van der Waals surface area (Å²) in [4.78, 5) is 0.105. The minimum absolute atomic E-state index is 0.105. The van der Waals surface area contributed by atoms with Crippen LogP contribution in [0.1, 0.15) is 5.56 Å². The smallest absolute Gasteiger partial charge is 0.175 e. The lowest BCUT2D eigenvalue weighted by atomic mass is 10.2. The van der Waals surface area contributed by atoms with Crippen molar-refractivity contribution in [3.63, 3.8) is 0 Å². The zero-order valence-corrected chi connectivity index (χ0v) is 10.9. The van der Waals surface area contributed by atoms with E-state index in [2.05, 4.69) is 0 Å². The molecule has 0 amide bonds. The Morgan fingerprint density at radius 3 is 1.88 bits per heavy atom. The lowest BCUT2D eigenvalue weighted by molar-refractivity contribution is 0.512. The molecule has 0 aromatic heterocycles. The van der Waals surface area contributed by atoms with Crippen LogP contribution in [0, 0.1) is 0 Å². The fraction of sp³-hybridized carbons (Fsp3) is 0.200. The third kappa shape index (κ3) is 4.20. The van der Waals surface area contributed by atoms with Gasteiger partial charge in [-0.25, -0.2) is 16.8 Å². The molecular formula is C10H12O5S2. The lowest BCUT2D eigenvalue weighted by Gasteiger charge is -2.02. The maximum atomic E-state index is 11.2. The third-order valence-electron chi connectivity index (χ3n) is 1.90. The van der Waals surface area contributed by atoms with E-state index in [1.54, 1.807) is 0 Å². The molecule has 0 aliphatic carbocycles. The first kappa shape index (κ1) is 13.7. The highest BCUT2D eigenvalue weighted by molar-refractivity contribution is 7.93. The fourth-order valence-corrected chi connectivity index (χ4v) is 2.32. The topological polar surface area (TPSA) is 88.5 Å². The molecule has 0 radical (unpaired) electrons. The van der Waals surface area contributed by atoms with Crippen molar-refractivity contribution in [3.8, 4) is 0 Å². The van der Waals surface area contributed by atoms with E-state index in [0.29, 0.717) is 5.41 Å². The summed E-state index contributed by atoms with van der Waals surface area (Å²) in [6.07, 6.45) is 2.02. The van der Waals surface area contributed by atoms with Crippen LogP contribution in [0.3, 0.4) is 0 Å². The second-order valence-corrected chi connectivity index (χ2v) is 7.54. The van der Waals surface area contributed by atoms with E-state index in [1.165, 1.54) is 24.3 Å². The quantitative estimate of drug-likeness (QED) is 0.832. The molecule has 7 heteroatoms. The molecule has 1 rings (SSSR count). The zero-order valence-electron chi connectivity index (χ0n) is 9.28. The summed E-state index contributed by atoms with van der Waals surface area (Å²) in [6.45, 7) is 0. The second kappa shape index (κ2) is 4.50. The third-order valence-corrected chi connectivity index (χ3v) is 3.68. The molecule has 0 heterocycles. The largest absolute Gasteiger partial charge is 0.507 e. The summed E-state index contributed by atoms with van der Waals surface area (Å²) >= 11 is 0. The zero-order chi connectivity index (χ0) is 13.3. The molecule has 1 aromatic rings. The summed E-state index contributed by atoms with van der Waals surface area (Å²) in [6, 6.07) is 5.29. The van der Waals surface area contributed by atoms with Gasteiger partial charge in [0.05, 0.1) is 10.3 Å². The van der Waals surface area contributed by atoms with Crippen LogP contribution in [0.25, 0.3) is 5.76 Å². The predicted octanol–water partition coefficient (Wildman–Crippen LogP) is 0.991. The van der Waals surface area contributed by atoms with E-state index in [-0.39, 0.29) is 10.5 Å². The molecule has 0 bridgehead atoms. The molecule has 0 unspecified atom stereocenters. The Hall–Kier alpha value is -1.34. The van der Waals surface area contributed by atoms with Crippen molar-refractivity contribution in [3.05, 3.63) is 35.2 Å². The predicted molar refractivity (Wildman–Crippen MR) is 65.0 cm³/mol. The number of aliphatic hydroxyl groups is 1. The van der Waals surface area contributed by atoms with Gasteiger partial charge in [-0.1, -0.05) is 0 Å². The molecule has 1 N–H and O–H groups in total. The summed E-state index contributed by atoms with van der Waals surface area (Å²) in [5.74, 6) is -0.424. The van der Waals surface area contributed by atoms with Gasteiger partial charge in [-0.3, -0.25) is 0 Å². The Balaban J connectivity index is 3.17. The Labute approximate surface area is 100 Å². The van der Waals surface area contributed by atoms with Gasteiger partial charge in [-0.15, -0.1) is 0 Å². The first-order valence-electron chi connectivity index (χ1n) is 4.51. The van der Waals surface area contributed by atoms with Crippen LogP contribution in [0.15, 0.2) is 34.6 Å². The number of hydrogen-bond acceptors (Lipinski definition) is 5. The SMILES string of the molecule is CS(=O)(=O)C=C(O)c1ccc(S(C)(=O)=O)cc1. The van der Waals surface area contributed by atoms with Gasteiger partial charge in [0.1, 0.15) is 5.76 Å². The molecule has 0 aliphatic heterocycles. The summed E-state index contributed by atoms with van der Waals surface area (Å²) < 4.78 is 44.2. The maximum Gasteiger partial charge on any atom is 0.175 e. The van der Waals surface area contributed by atoms with Crippen LogP contribution in [-0.2, 0) is 19.7 Å². The van der Waals surface area contributed by atoms with Gasteiger partial charge in [0.25, 0.3) is 0 Å². The van der Waals surface area contributed by atoms with Gasteiger partial charge >= 0.3 is 0 Å². The van der Waals surface area contributed by atoms with Crippen LogP contribution < -0.4 is 0 Å². The van der Waals surface area contributed by atoms with Gasteiger partial charge in [0.15, 0.2) is 19.7 Å². The Kier molecular flexibility index (Phi) is 3.63. The van der Waals surface area contributed by atoms with Gasteiger partial charge < -0.3 is 5.11 Å². The first-order chi connectivity index (χ1) is 7.59. The van der Waals surface area contributed by atoms with Gasteiger partial charge in [-0.05, 0) is 24.3 Å². The van der Waals surface area contributed by atoms with Crippen molar-refractivity contribution in [2.24, 2.45) is 0 Å². The molecule has 0 aliphatic rings. The summed E-state index contributed by atoms with van der Waals surface area (Å²) in [5, 5.41) is 10.2. The molecular weight excluding hydrogens is 264 g/mol. The molecule has 94 valence electrons. The number of aliphatic hydroxyl groups excluding tert-OH is 1. The van der Waals surface area contributed by atoms with Crippen LogP contribution in [-0.4, -0.2) is 34.5 Å². The fourth-order valence-electron chi connectivity index (χ4n) is 1.14. The van der Waals surface area contributed by atoms with Crippen molar-refractivity contribution in [1.29, 1.82) is 0 Å². The van der Waals surface area contributed by atoms with E-state index in [0.717, 1.165) is 12.5 Å². The van der Waals surface area contributed by atoms with Gasteiger partial charge in [0, 0.05) is 18.1 Å². The van der Waals surface area contributed by atoms with E-state index < -0.39 is 25.4 Å². The minimum atomic E-state index is -3.44. The van der Waals surface area contributed by atoms with Crippen LogP contribution in [0.2, 0.25) is 0 Å². The van der Waals surface area contributed by atoms with Crippen molar-refractivity contribution in [2.75, 3.05) is 12.5 Å². The molecule has 17 heavy (non-hydrogen) atoms. The average molecular weight is 276 g/mol. The molecule has 0 saturated carbocycles. The van der Waals surface area contributed by atoms with Crippen LogP contribution in [0.4, 0.5) is 0 Å². The standard InChI is InChI=1S/C10H12O5S2/c1-16(12,13)7-10(11)8-3-5-9(6-4-8)17(2,14)15/h3-7,11H,1-2H3. The Morgan fingerprint density at radius 1 is 1.06 bits per heavy atom. The first-order valence-corrected chi connectivity index (χ1v) is 8.35. The number of benzene rings is 1. The van der Waals surface area contributed by atoms with E-state index in [4.69, 9.17) is 0 Å². The van der Waals surface area contributed by atoms with Crippen molar-refractivity contribution < 1.29 is 21.9 Å². The van der Waals surface area contributed by atoms with Crippen molar-refractivity contribution in [2.45, 2.75) is 4.90 Å². The van der Waals surface area contributed by atoms with Crippen LogP contribution in [0.5, 0.6) is 0 Å². The molecule has 0 saturated heterocycles. The van der Waals surface area contributed by atoms with E-state index in [9.17, 15) is 21.9 Å². The molecule has 1 aromatic carbocycles. The summed E-state index contributed by atoms with van der Waals surface area (Å²) in [5.41, 5.74) is 0.239. The molecule has 0 spiro atoms. The normalized spacial score (nSPS) is 13.6. The second-order valence-electron chi connectivity index (χ2n) is 3.63. The molecule has 0 fully saturated rings. The highest BCUT2D eigenvalue weighted by atomic mass is 32.2. The summed E-state index contributed by atoms with van der Waals surface area (Å²) in [7, 11) is -6.74. The molecule has 5 nitrogen and oxygen atoms in total. The number of sulfone groups is 2. The van der Waals surface area contributed by atoms with Crippen molar-refractivity contribution in [1.82, 2.24) is 0 Å². The minimum Gasteiger partial charge on any atom is -0.507 e. The maximum absolute atomic E-state index is 11.2. The lowest BCUT2D eigenvalue weighted by Crippen LogP contribution is -1.97.